The topological polar surface area (TPSA) is 65.0 Å². The van der Waals surface area contributed by atoms with Crippen molar-refractivity contribution < 1.29 is 24.1 Å². The summed E-state index contributed by atoms with van der Waals surface area (Å²) in [6.07, 6.45) is 4.67. The third kappa shape index (κ3) is 3.66. The molecule has 0 saturated carbocycles. The largest absolute Gasteiger partial charge is 0.478 e. The van der Waals surface area contributed by atoms with Gasteiger partial charge in [-0.15, -0.1) is 0 Å². The minimum Gasteiger partial charge on any atom is -0.478 e. The van der Waals surface area contributed by atoms with Crippen molar-refractivity contribution >= 4 is 5.97 Å². The van der Waals surface area contributed by atoms with Crippen LogP contribution in [0.2, 0.25) is 0 Å². The fourth-order valence-corrected chi connectivity index (χ4v) is 3.06. The smallest absolute Gasteiger partial charge is 0.335 e. The summed E-state index contributed by atoms with van der Waals surface area (Å²) < 4.78 is 17.1. The van der Waals surface area contributed by atoms with E-state index in [1.54, 1.807) is 12.1 Å². The van der Waals surface area contributed by atoms with Gasteiger partial charge in [-0.05, 0) is 48.9 Å². The summed E-state index contributed by atoms with van der Waals surface area (Å²) in [4.78, 5) is 11.1. The van der Waals surface area contributed by atoms with Crippen molar-refractivity contribution in [3.63, 3.8) is 0 Å². The van der Waals surface area contributed by atoms with Gasteiger partial charge in [0.05, 0.1) is 24.9 Å². The lowest BCUT2D eigenvalue weighted by Gasteiger charge is -2.28. The molecule has 0 aromatic heterocycles. The molecule has 2 aliphatic heterocycles. The summed E-state index contributed by atoms with van der Waals surface area (Å²) in [6.45, 7) is 2.00. The van der Waals surface area contributed by atoms with Crippen molar-refractivity contribution in [3.8, 4) is 0 Å². The standard InChI is InChI=1S/C17H22O5/c18-17(19)13-4-5-14-12(11-13)6-9-20-15(14)7-10-22-16-3-1-2-8-21-16/h4-5,11,15-16H,1-3,6-10H2,(H,18,19)/t15?,16-/m0/s1. The Morgan fingerprint density at radius 2 is 2.18 bits per heavy atom. The van der Waals surface area contributed by atoms with Gasteiger partial charge in [-0.25, -0.2) is 4.79 Å². The number of carbonyl (C=O) groups is 1. The van der Waals surface area contributed by atoms with Crippen LogP contribution in [0.25, 0.3) is 0 Å². The minimum atomic E-state index is -0.886. The lowest BCUT2D eigenvalue weighted by atomic mass is 9.94. The molecule has 5 heteroatoms. The molecule has 1 aromatic carbocycles. The molecule has 22 heavy (non-hydrogen) atoms. The highest BCUT2D eigenvalue weighted by atomic mass is 16.7. The molecule has 0 bridgehead atoms. The maximum atomic E-state index is 11.1. The highest BCUT2D eigenvalue weighted by molar-refractivity contribution is 5.87. The summed E-state index contributed by atoms with van der Waals surface area (Å²) in [7, 11) is 0. The van der Waals surface area contributed by atoms with E-state index >= 15 is 0 Å². The third-order valence-electron chi connectivity index (χ3n) is 4.25. The van der Waals surface area contributed by atoms with Crippen LogP contribution in [0.1, 0.15) is 53.3 Å². The first-order valence-electron chi connectivity index (χ1n) is 7.95. The molecule has 2 aliphatic rings. The molecule has 5 nitrogen and oxygen atoms in total. The number of hydrogen-bond acceptors (Lipinski definition) is 4. The predicted octanol–water partition coefficient (Wildman–Crippen LogP) is 2.93. The van der Waals surface area contributed by atoms with Crippen LogP contribution in [0.5, 0.6) is 0 Å². The molecular weight excluding hydrogens is 284 g/mol. The molecule has 0 spiro atoms. The molecular formula is C17H22O5. The maximum absolute atomic E-state index is 11.1. The second kappa shape index (κ2) is 7.22. The molecule has 2 heterocycles. The van der Waals surface area contributed by atoms with Crippen LogP contribution < -0.4 is 0 Å². The van der Waals surface area contributed by atoms with E-state index in [1.165, 1.54) is 0 Å². The molecule has 0 amide bonds. The molecule has 2 atom stereocenters. The number of fused-ring (bicyclic) bond motifs is 1. The highest BCUT2D eigenvalue weighted by Gasteiger charge is 2.23. The van der Waals surface area contributed by atoms with Crippen molar-refractivity contribution in [3.05, 3.63) is 34.9 Å². The number of aromatic carboxylic acids is 1. The van der Waals surface area contributed by atoms with E-state index in [0.29, 0.717) is 18.8 Å². The molecule has 1 saturated heterocycles. The summed E-state index contributed by atoms with van der Waals surface area (Å²) in [5, 5.41) is 9.07. The zero-order chi connectivity index (χ0) is 15.4. The van der Waals surface area contributed by atoms with E-state index in [2.05, 4.69) is 0 Å². The van der Waals surface area contributed by atoms with Crippen LogP contribution in [0.4, 0.5) is 0 Å². The molecule has 0 radical (unpaired) electrons. The van der Waals surface area contributed by atoms with Gasteiger partial charge in [0.2, 0.25) is 0 Å². The Morgan fingerprint density at radius 1 is 1.27 bits per heavy atom. The molecule has 1 fully saturated rings. The first kappa shape index (κ1) is 15.5. The van der Waals surface area contributed by atoms with Gasteiger partial charge in [-0.1, -0.05) is 6.07 Å². The third-order valence-corrected chi connectivity index (χ3v) is 4.25. The second-order valence-corrected chi connectivity index (χ2v) is 5.78. The van der Waals surface area contributed by atoms with Crippen LogP contribution in [-0.4, -0.2) is 37.2 Å². The lowest BCUT2D eigenvalue weighted by Crippen LogP contribution is -2.24. The van der Waals surface area contributed by atoms with Crippen LogP contribution in [0.3, 0.4) is 0 Å². The van der Waals surface area contributed by atoms with Crippen molar-refractivity contribution in [2.24, 2.45) is 0 Å². The average Bonchev–Trinajstić information content (AvgIpc) is 2.55. The van der Waals surface area contributed by atoms with E-state index in [-0.39, 0.29) is 12.4 Å². The number of carboxylic acid groups (broad SMARTS) is 1. The lowest BCUT2D eigenvalue weighted by molar-refractivity contribution is -0.167. The SMILES string of the molecule is O=C(O)c1ccc2c(c1)CCOC2CCO[C@H]1CCCCO1. The van der Waals surface area contributed by atoms with Gasteiger partial charge in [0.25, 0.3) is 0 Å². The first-order chi connectivity index (χ1) is 10.7. The highest BCUT2D eigenvalue weighted by Crippen LogP contribution is 2.30. The molecule has 1 N–H and O–H groups in total. The molecule has 1 unspecified atom stereocenters. The Hall–Kier alpha value is -1.43. The fraction of sp³-hybridized carbons (Fsp3) is 0.588. The van der Waals surface area contributed by atoms with Gasteiger partial charge in [0.15, 0.2) is 6.29 Å². The summed E-state index contributed by atoms with van der Waals surface area (Å²) in [5.41, 5.74) is 2.50. The molecule has 1 aromatic rings. The Bertz CT molecular complexity index is 522. The summed E-state index contributed by atoms with van der Waals surface area (Å²) >= 11 is 0. The number of ether oxygens (including phenoxy) is 3. The zero-order valence-electron chi connectivity index (χ0n) is 12.6. The van der Waals surface area contributed by atoms with Gasteiger partial charge in [0.1, 0.15) is 0 Å². The van der Waals surface area contributed by atoms with E-state index in [4.69, 9.17) is 19.3 Å². The van der Waals surface area contributed by atoms with Gasteiger partial charge >= 0.3 is 5.97 Å². The van der Waals surface area contributed by atoms with E-state index in [0.717, 1.165) is 49.8 Å². The number of hydrogen-bond donors (Lipinski definition) is 1. The van der Waals surface area contributed by atoms with Crippen molar-refractivity contribution in [2.75, 3.05) is 19.8 Å². The number of rotatable bonds is 5. The van der Waals surface area contributed by atoms with E-state index < -0.39 is 5.97 Å². The van der Waals surface area contributed by atoms with Crippen molar-refractivity contribution in [1.82, 2.24) is 0 Å². The zero-order valence-corrected chi connectivity index (χ0v) is 12.6. The Kier molecular flexibility index (Phi) is 5.08. The fourth-order valence-electron chi connectivity index (χ4n) is 3.06. The monoisotopic (exact) mass is 306 g/mol. The van der Waals surface area contributed by atoms with Gasteiger partial charge < -0.3 is 19.3 Å². The summed E-state index contributed by atoms with van der Waals surface area (Å²) in [6, 6.07) is 5.28. The normalized spacial score (nSPS) is 24.7. The molecule has 3 rings (SSSR count). The van der Waals surface area contributed by atoms with Crippen LogP contribution in [-0.2, 0) is 20.6 Å². The van der Waals surface area contributed by atoms with Crippen LogP contribution in [0.15, 0.2) is 18.2 Å². The number of carboxylic acids is 1. The van der Waals surface area contributed by atoms with E-state index in [1.807, 2.05) is 6.07 Å². The van der Waals surface area contributed by atoms with Crippen molar-refractivity contribution in [1.29, 1.82) is 0 Å². The van der Waals surface area contributed by atoms with E-state index in [9.17, 15) is 4.79 Å². The maximum Gasteiger partial charge on any atom is 0.335 e. The Labute approximate surface area is 130 Å². The molecule has 120 valence electrons. The first-order valence-corrected chi connectivity index (χ1v) is 7.95. The van der Waals surface area contributed by atoms with Crippen molar-refractivity contribution in [2.45, 2.75) is 44.5 Å². The van der Waals surface area contributed by atoms with Crippen LogP contribution in [0, 0.1) is 0 Å². The van der Waals surface area contributed by atoms with Gasteiger partial charge in [-0.2, -0.15) is 0 Å². The predicted molar refractivity (Wildman–Crippen MR) is 80.0 cm³/mol. The second-order valence-electron chi connectivity index (χ2n) is 5.78. The molecule has 0 aliphatic carbocycles. The Balaban J connectivity index is 1.58. The van der Waals surface area contributed by atoms with Gasteiger partial charge in [-0.3, -0.25) is 0 Å². The quantitative estimate of drug-likeness (QED) is 0.906. The minimum absolute atomic E-state index is 0.0183. The Morgan fingerprint density at radius 3 is 2.95 bits per heavy atom. The van der Waals surface area contributed by atoms with Crippen LogP contribution >= 0.6 is 0 Å². The van der Waals surface area contributed by atoms with Gasteiger partial charge in [0, 0.05) is 13.0 Å². The number of benzene rings is 1. The summed E-state index contributed by atoms with van der Waals surface area (Å²) in [5.74, 6) is -0.886. The average molecular weight is 306 g/mol.